The van der Waals surface area contributed by atoms with Crippen LogP contribution in [0.3, 0.4) is 0 Å². The molecule has 1 aliphatic heterocycles. The van der Waals surface area contributed by atoms with Crippen molar-refractivity contribution in [3.8, 4) is 11.3 Å². The van der Waals surface area contributed by atoms with Crippen molar-refractivity contribution in [2.75, 3.05) is 20.1 Å². The van der Waals surface area contributed by atoms with Crippen LogP contribution in [0.15, 0.2) is 41.3 Å². The van der Waals surface area contributed by atoms with E-state index in [2.05, 4.69) is 16.9 Å². The minimum Gasteiger partial charge on any atom is -0.306 e. The van der Waals surface area contributed by atoms with Crippen molar-refractivity contribution in [2.24, 2.45) is 0 Å². The summed E-state index contributed by atoms with van der Waals surface area (Å²) in [6.07, 6.45) is 4.05. The second kappa shape index (κ2) is 5.05. The lowest BCUT2D eigenvalue weighted by Crippen LogP contribution is -2.34. The van der Waals surface area contributed by atoms with Crippen LogP contribution in [0.2, 0.25) is 0 Å². The molecule has 1 fully saturated rings. The number of piperidine rings is 1. The van der Waals surface area contributed by atoms with Gasteiger partial charge < -0.3 is 9.88 Å². The van der Waals surface area contributed by atoms with Crippen LogP contribution in [0, 0.1) is 0 Å². The second-order valence-corrected chi connectivity index (χ2v) is 5.28. The highest BCUT2D eigenvalue weighted by Crippen LogP contribution is 2.22. The molecule has 0 aliphatic carbocycles. The van der Waals surface area contributed by atoms with Crippen LogP contribution in [-0.4, -0.2) is 34.6 Å². The average molecular weight is 257 g/mol. The Labute approximate surface area is 112 Å². The third-order valence-corrected chi connectivity index (χ3v) is 3.91. The summed E-state index contributed by atoms with van der Waals surface area (Å²) >= 11 is 0. The van der Waals surface area contributed by atoms with Crippen LogP contribution in [0.25, 0.3) is 11.3 Å². The van der Waals surface area contributed by atoms with Gasteiger partial charge in [-0.1, -0.05) is 30.3 Å². The third kappa shape index (κ3) is 2.49. The van der Waals surface area contributed by atoms with E-state index in [1.54, 1.807) is 0 Å². The molecular weight excluding hydrogens is 238 g/mol. The first-order valence-corrected chi connectivity index (χ1v) is 6.79. The van der Waals surface area contributed by atoms with E-state index in [1.165, 1.54) is 0 Å². The highest BCUT2D eigenvalue weighted by Gasteiger charge is 2.20. The zero-order chi connectivity index (χ0) is 13.2. The van der Waals surface area contributed by atoms with Gasteiger partial charge in [-0.25, -0.2) is 4.79 Å². The summed E-state index contributed by atoms with van der Waals surface area (Å²) in [5.41, 5.74) is 1.98. The summed E-state index contributed by atoms with van der Waals surface area (Å²) in [6, 6.07) is 10.3. The molecular formula is C15H19N3O. The molecule has 0 saturated carbocycles. The van der Waals surface area contributed by atoms with E-state index in [-0.39, 0.29) is 5.69 Å². The molecule has 0 spiro atoms. The Kier molecular flexibility index (Phi) is 3.25. The van der Waals surface area contributed by atoms with Crippen molar-refractivity contribution in [3.63, 3.8) is 0 Å². The molecule has 1 N–H and O–H groups in total. The number of aromatic amines is 1. The summed E-state index contributed by atoms with van der Waals surface area (Å²) in [6.45, 7) is 2.12. The molecule has 4 heteroatoms. The zero-order valence-corrected chi connectivity index (χ0v) is 11.2. The van der Waals surface area contributed by atoms with Crippen molar-refractivity contribution in [2.45, 2.75) is 18.9 Å². The summed E-state index contributed by atoms with van der Waals surface area (Å²) in [5, 5.41) is 0. The van der Waals surface area contributed by atoms with Gasteiger partial charge in [0.05, 0.1) is 5.69 Å². The summed E-state index contributed by atoms with van der Waals surface area (Å²) < 4.78 is 1.87. The van der Waals surface area contributed by atoms with E-state index >= 15 is 0 Å². The summed E-state index contributed by atoms with van der Waals surface area (Å²) in [4.78, 5) is 17.4. The number of hydrogen-bond donors (Lipinski definition) is 1. The number of rotatable bonds is 2. The largest absolute Gasteiger partial charge is 0.326 e. The number of H-pyrrole nitrogens is 1. The maximum absolute atomic E-state index is 12.1. The molecule has 3 rings (SSSR count). The minimum atomic E-state index is 0.00778. The maximum atomic E-state index is 12.1. The number of imidazole rings is 1. The zero-order valence-electron chi connectivity index (χ0n) is 11.2. The first kappa shape index (κ1) is 12.2. The molecule has 2 heterocycles. The van der Waals surface area contributed by atoms with Gasteiger partial charge >= 0.3 is 5.69 Å². The predicted octanol–water partition coefficient (Wildman–Crippen LogP) is 2.11. The van der Waals surface area contributed by atoms with Crippen LogP contribution >= 0.6 is 0 Å². The lowest BCUT2D eigenvalue weighted by molar-refractivity contribution is 0.219. The van der Waals surface area contributed by atoms with E-state index in [4.69, 9.17) is 0 Å². The monoisotopic (exact) mass is 257 g/mol. The Balaban J connectivity index is 1.88. The number of benzene rings is 1. The normalized spacial score (nSPS) is 17.7. The highest BCUT2D eigenvalue weighted by atomic mass is 16.1. The fraction of sp³-hybridized carbons (Fsp3) is 0.400. The van der Waals surface area contributed by atoms with Crippen molar-refractivity contribution in [1.29, 1.82) is 0 Å². The molecule has 0 unspecified atom stereocenters. The minimum absolute atomic E-state index is 0.00778. The number of aromatic nitrogens is 2. The quantitative estimate of drug-likeness (QED) is 0.895. The Hall–Kier alpha value is -1.81. The van der Waals surface area contributed by atoms with E-state index in [0.29, 0.717) is 6.04 Å². The van der Waals surface area contributed by atoms with Gasteiger partial charge in [-0.2, -0.15) is 0 Å². The van der Waals surface area contributed by atoms with Gasteiger partial charge in [0.2, 0.25) is 0 Å². The van der Waals surface area contributed by atoms with E-state index < -0.39 is 0 Å². The molecule has 4 nitrogen and oxygen atoms in total. The fourth-order valence-corrected chi connectivity index (χ4v) is 2.72. The van der Waals surface area contributed by atoms with E-state index in [9.17, 15) is 4.79 Å². The molecule has 19 heavy (non-hydrogen) atoms. The van der Waals surface area contributed by atoms with Gasteiger partial charge in [0.25, 0.3) is 0 Å². The molecule has 1 saturated heterocycles. The van der Waals surface area contributed by atoms with Crippen LogP contribution < -0.4 is 5.69 Å². The third-order valence-electron chi connectivity index (χ3n) is 3.91. The van der Waals surface area contributed by atoms with E-state index in [0.717, 1.165) is 37.2 Å². The van der Waals surface area contributed by atoms with Gasteiger partial charge in [0, 0.05) is 12.2 Å². The summed E-state index contributed by atoms with van der Waals surface area (Å²) in [5.74, 6) is 0. The number of likely N-dealkylation sites (tertiary alicyclic amines) is 1. The molecule has 0 amide bonds. The van der Waals surface area contributed by atoms with Gasteiger partial charge in [0.15, 0.2) is 0 Å². The molecule has 1 aliphatic rings. The van der Waals surface area contributed by atoms with Crippen molar-refractivity contribution < 1.29 is 0 Å². The molecule has 100 valence electrons. The molecule has 0 radical (unpaired) electrons. The first-order chi connectivity index (χ1) is 9.24. The molecule has 1 aromatic carbocycles. The lowest BCUT2D eigenvalue weighted by Gasteiger charge is -2.29. The van der Waals surface area contributed by atoms with Gasteiger partial charge in [0.1, 0.15) is 0 Å². The van der Waals surface area contributed by atoms with Crippen LogP contribution in [0.5, 0.6) is 0 Å². The standard InChI is InChI=1S/C15H19N3O/c1-17-9-7-13(8-10-17)18-11-14(16-15(18)19)12-5-3-2-4-6-12/h2-6,11,13H,7-10H2,1H3,(H,16,19). The Morgan fingerprint density at radius 2 is 1.84 bits per heavy atom. The van der Waals surface area contributed by atoms with Crippen molar-refractivity contribution >= 4 is 0 Å². The van der Waals surface area contributed by atoms with Crippen LogP contribution in [0.1, 0.15) is 18.9 Å². The number of nitrogens with one attached hydrogen (secondary N) is 1. The molecule has 2 aromatic rings. The van der Waals surface area contributed by atoms with Gasteiger partial charge in [-0.05, 0) is 38.5 Å². The number of nitrogens with zero attached hydrogens (tertiary/aromatic N) is 2. The smallest absolute Gasteiger partial charge is 0.306 e. The van der Waals surface area contributed by atoms with Crippen molar-refractivity contribution in [3.05, 3.63) is 47.0 Å². The topological polar surface area (TPSA) is 41.0 Å². The van der Waals surface area contributed by atoms with Crippen molar-refractivity contribution in [1.82, 2.24) is 14.5 Å². The predicted molar refractivity (Wildman–Crippen MR) is 76.3 cm³/mol. The van der Waals surface area contributed by atoms with Gasteiger partial charge in [-0.15, -0.1) is 0 Å². The second-order valence-electron chi connectivity index (χ2n) is 5.28. The maximum Gasteiger partial charge on any atom is 0.326 e. The first-order valence-electron chi connectivity index (χ1n) is 6.79. The Morgan fingerprint density at radius 3 is 2.53 bits per heavy atom. The Morgan fingerprint density at radius 1 is 1.16 bits per heavy atom. The molecule has 0 bridgehead atoms. The van der Waals surface area contributed by atoms with Gasteiger partial charge in [-0.3, -0.25) is 4.57 Å². The van der Waals surface area contributed by atoms with Crippen LogP contribution in [0.4, 0.5) is 0 Å². The highest BCUT2D eigenvalue weighted by molar-refractivity contribution is 5.57. The lowest BCUT2D eigenvalue weighted by atomic mass is 10.1. The SMILES string of the molecule is CN1CCC(n2cc(-c3ccccc3)[nH]c2=O)CC1. The number of hydrogen-bond acceptors (Lipinski definition) is 2. The Bertz CT molecular complexity index is 591. The fourth-order valence-electron chi connectivity index (χ4n) is 2.72. The molecule has 1 aromatic heterocycles. The van der Waals surface area contributed by atoms with E-state index in [1.807, 2.05) is 41.1 Å². The average Bonchev–Trinajstić information content (AvgIpc) is 2.83. The summed E-state index contributed by atoms with van der Waals surface area (Å²) in [7, 11) is 2.13. The van der Waals surface area contributed by atoms with Crippen LogP contribution in [-0.2, 0) is 0 Å². The molecule has 0 atom stereocenters.